The molecule has 0 aromatic heterocycles. The van der Waals surface area contributed by atoms with Crippen LogP contribution >= 0.6 is 0 Å². The molecule has 1 aliphatic rings. The van der Waals surface area contributed by atoms with Gasteiger partial charge in [0.15, 0.2) is 0 Å². The second kappa shape index (κ2) is 7.62. The molecule has 0 aromatic rings. The summed E-state index contributed by atoms with van der Waals surface area (Å²) in [5.74, 6) is -0.250. The fourth-order valence-electron chi connectivity index (χ4n) is 2.26. The van der Waals surface area contributed by atoms with Gasteiger partial charge in [-0.2, -0.15) is 0 Å². The van der Waals surface area contributed by atoms with E-state index < -0.39 is 0 Å². The van der Waals surface area contributed by atoms with Crippen molar-refractivity contribution in [3.8, 4) is 0 Å². The third-order valence-corrected chi connectivity index (χ3v) is 3.75. The number of ether oxygens (including phenoxy) is 1. The summed E-state index contributed by atoms with van der Waals surface area (Å²) in [7, 11) is 0. The smallest absolute Gasteiger partial charge is 0.325 e. The van der Waals surface area contributed by atoms with Crippen molar-refractivity contribution in [3.63, 3.8) is 0 Å². The van der Waals surface area contributed by atoms with Gasteiger partial charge < -0.3 is 15.4 Å². The zero-order valence-corrected chi connectivity index (χ0v) is 13.0. The molecular formula is C15H28N2O3. The summed E-state index contributed by atoms with van der Waals surface area (Å²) in [4.78, 5) is 25.6. The van der Waals surface area contributed by atoms with E-state index in [0.29, 0.717) is 19.6 Å². The summed E-state index contributed by atoms with van der Waals surface area (Å²) < 4.78 is 4.94. The Balaban J connectivity index is 2.46. The van der Waals surface area contributed by atoms with Crippen LogP contribution < -0.4 is 5.73 Å². The van der Waals surface area contributed by atoms with Crippen LogP contribution in [0.1, 0.15) is 52.9 Å². The third-order valence-electron chi connectivity index (χ3n) is 3.75. The Labute approximate surface area is 121 Å². The first kappa shape index (κ1) is 17.0. The largest absolute Gasteiger partial charge is 0.465 e. The van der Waals surface area contributed by atoms with E-state index in [1.807, 2.05) is 0 Å². The molecule has 0 radical (unpaired) electrons. The SMILES string of the molecule is CCOC(=O)CN(C(=O)CCC(C)(C)CCN)C1CC1. The minimum absolute atomic E-state index is 0.0608. The molecule has 0 atom stereocenters. The number of hydrogen-bond acceptors (Lipinski definition) is 4. The lowest BCUT2D eigenvalue weighted by atomic mass is 9.84. The zero-order valence-electron chi connectivity index (χ0n) is 13.0. The van der Waals surface area contributed by atoms with E-state index in [9.17, 15) is 9.59 Å². The first-order valence-electron chi connectivity index (χ1n) is 7.55. The van der Waals surface area contributed by atoms with Crippen molar-refractivity contribution in [2.75, 3.05) is 19.7 Å². The fourth-order valence-corrected chi connectivity index (χ4v) is 2.26. The molecule has 0 aliphatic heterocycles. The molecule has 1 rings (SSSR count). The van der Waals surface area contributed by atoms with E-state index in [1.165, 1.54) is 0 Å². The maximum absolute atomic E-state index is 12.3. The first-order valence-corrected chi connectivity index (χ1v) is 7.55. The summed E-state index contributed by atoms with van der Waals surface area (Å²) in [6.45, 7) is 7.11. The molecule has 1 fully saturated rings. The van der Waals surface area contributed by atoms with Gasteiger partial charge in [0.1, 0.15) is 6.54 Å². The predicted molar refractivity (Wildman–Crippen MR) is 78.1 cm³/mol. The van der Waals surface area contributed by atoms with Crippen LogP contribution in [0.25, 0.3) is 0 Å². The fraction of sp³-hybridized carbons (Fsp3) is 0.867. The molecule has 1 aliphatic carbocycles. The van der Waals surface area contributed by atoms with Gasteiger partial charge in [-0.3, -0.25) is 9.59 Å². The lowest BCUT2D eigenvalue weighted by molar-refractivity contribution is -0.149. The molecule has 5 heteroatoms. The molecule has 2 N–H and O–H groups in total. The summed E-state index contributed by atoms with van der Waals surface area (Å²) in [6.07, 6.45) is 4.17. The van der Waals surface area contributed by atoms with Crippen LogP contribution in [0.2, 0.25) is 0 Å². The lowest BCUT2D eigenvalue weighted by Crippen LogP contribution is -2.38. The van der Waals surface area contributed by atoms with Gasteiger partial charge >= 0.3 is 5.97 Å². The normalized spacial score (nSPS) is 15.0. The molecule has 0 aromatic carbocycles. The van der Waals surface area contributed by atoms with Crippen molar-refractivity contribution >= 4 is 11.9 Å². The Morgan fingerprint density at radius 1 is 1.30 bits per heavy atom. The van der Waals surface area contributed by atoms with Crippen LogP contribution in [-0.2, 0) is 14.3 Å². The van der Waals surface area contributed by atoms with Crippen molar-refractivity contribution in [2.24, 2.45) is 11.1 Å². The van der Waals surface area contributed by atoms with E-state index in [-0.39, 0.29) is 29.9 Å². The van der Waals surface area contributed by atoms with Gasteiger partial charge in [0.2, 0.25) is 5.91 Å². The second-order valence-electron chi connectivity index (χ2n) is 6.26. The summed E-state index contributed by atoms with van der Waals surface area (Å²) in [6, 6.07) is 0.240. The monoisotopic (exact) mass is 284 g/mol. The van der Waals surface area contributed by atoms with E-state index >= 15 is 0 Å². The number of nitrogens with zero attached hydrogens (tertiary/aromatic N) is 1. The highest BCUT2D eigenvalue weighted by Gasteiger charge is 2.34. The van der Waals surface area contributed by atoms with Crippen LogP contribution in [0.4, 0.5) is 0 Å². The van der Waals surface area contributed by atoms with Gasteiger partial charge in [-0.05, 0) is 44.6 Å². The van der Waals surface area contributed by atoms with Crippen LogP contribution in [0, 0.1) is 5.41 Å². The zero-order chi connectivity index (χ0) is 15.2. The van der Waals surface area contributed by atoms with Gasteiger partial charge in [0, 0.05) is 12.5 Å². The molecule has 20 heavy (non-hydrogen) atoms. The van der Waals surface area contributed by atoms with Crippen LogP contribution in [0.5, 0.6) is 0 Å². The van der Waals surface area contributed by atoms with Gasteiger partial charge in [-0.25, -0.2) is 0 Å². The number of amides is 1. The topological polar surface area (TPSA) is 72.6 Å². The summed E-state index contributed by atoms with van der Waals surface area (Å²) >= 11 is 0. The number of hydrogen-bond donors (Lipinski definition) is 1. The second-order valence-corrected chi connectivity index (χ2v) is 6.26. The molecule has 0 saturated heterocycles. The van der Waals surface area contributed by atoms with Crippen LogP contribution in [-0.4, -0.2) is 42.5 Å². The number of carbonyl (C=O) groups is 2. The van der Waals surface area contributed by atoms with Crippen molar-refractivity contribution < 1.29 is 14.3 Å². The Kier molecular flexibility index (Phi) is 6.46. The molecule has 0 unspecified atom stereocenters. The van der Waals surface area contributed by atoms with Gasteiger partial charge in [-0.15, -0.1) is 0 Å². The highest BCUT2D eigenvalue weighted by molar-refractivity contribution is 5.82. The molecule has 1 saturated carbocycles. The average Bonchev–Trinajstić information content (AvgIpc) is 3.18. The molecule has 0 heterocycles. The van der Waals surface area contributed by atoms with Crippen molar-refractivity contribution in [2.45, 2.75) is 58.9 Å². The average molecular weight is 284 g/mol. The molecule has 116 valence electrons. The van der Waals surface area contributed by atoms with Crippen molar-refractivity contribution in [3.05, 3.63) is 0 Å². The standard InChI is InChI=1S/C15H28N2O3/c1-4-20-14(19)11-17(12-5-6-12)13(18)7-8-15(2,3)9-10-16/h12H,4-11,16H2,1-3H3. The highest BCUT2D eigenvalue weighted by atomic mass is 16.5. The van der Waals surface area contributed by atoms with E-state index in [4.69, 9.17) is 10.5 Å². The summed E-state index contributed by atoms with van der Waals surface area (Å²) in [5.41, 5.74) is 5.65. The Bertz CT molecular complexity index is 338. The Morgan fingerprint density at radius 2 is 1.95 bits per heavy atom. The minimum Gasteiger partial charge on any atom is -0.465 e. The molecule has 0 bridgehead atoms. The maximum atomic E-state index is 12.3. The minimum atomic E-state index is -0.311. The van der Waals surface area contributed by atoms with Crippen molar-refractivity contribution in [1.82, 2.24) is 4.90 Å². The maximum Gasteiger partial charge on any atom is 0.325 e. The van der Waals surface area contributed by atoms with E-state index in [2.05, 4.69) is 13.8 Å². The molecule has 1 amide bonds. The third kappa shape index (κ3) is 5.90. The summed E-state index contributed by atoms with van der Waals surface area (Å²) in [5, 5.41) is 0. The lowest BCUT2D eigenvalue weighted by Gasteiger charge is -2.26. The van der Waals surface area contributed by atoms with Crippen LogP contribution in [0.15, 0.2) is 0 Å². The number of esters is 1. The van der Waals surface area contributed by atoms with Crippen LogP contribution in [0.3, 0.4) is 0 Å². The number of carbonyl (C=O) groups excluding carboxylic acids is 2. The Morgan fingerprint density at radius 3 is 2.45 bits per heavy atom. The quantitative estimate of drug-likeness (QED) is 0.654. The van der Waals surface area contributed by atoms with Gasteiger partial charge in [0.05, 0.1) is 6.61 Å². The number of nitrogens with two attached hydrogens (primary N) is 1. The predicted octanol–water partition coefficient (Wildman–Crippen LogP) is 1.70. The molecule has 5 nitrogen and oxygen atoms in total. The van der Waals surface area contributed by atoms with Gasteiger partial charge in [0.25, 0.3) is 0 Å². The molecule has 0 spiro atoms. The van der Waals surface area contributed by atoms with E-state index in [0.717, 1.165) is 25.7 Å². The molecular weight excluding hydrogens is 256 g/mol. The van der Waals surface area contributed by atoms with Crippen molar-refractivity contribution in [1.29, 1.82) is 0 Å². The van der Waals surface area contributed by atoms with Gasteiger partial charge in [-0.1, -0.05) is 13.8 Å². The number of rotatable bonds is 9. The Hall–Kier alpha value is -1.10. The highest BCUT2D eigenvalue weighted by Crippen LogP contribution is 2.30. The first-order chi connectivity index (χ1) is 9.39. The van der Waals surface area contributed by atoms with E-state index in [1.54, 1.807) is 11.8 Å².